The summed E-state index contributed by atoms with van der Waals surface area (Å²) in [4.78, 5) is 25.7. The first-order valence-corrected chi connectivity index (χ1v) is 10.4. The lowest BCUT2D eigenvalue weighted by Gasteiger charge is -2.10. The number of amides is 1. The molecule has 0 saturated heterocycles. The van der Waals surface area contributed by atoms with Crippen molar-refractivity contribution in [3.05, 3.63) is 104 Å². The van der Waals surface area contributed by atoms with Crippen LogP contribution in [0.25, 0.3) is 10.8 Å². The van der Waals surface area contributed by atoms with Gasteiger partial charge in [0.2, 0.25) is 0 Å². The van der Waals surface area contributed by atoms with Gasteiger partial charge in [0.25, 0.3) is 5.91 Å². The average Bonchev–Trinajstić information content (AvgIpc) is 3.02. The van der Waals surface area contributed by atoms with Crippen LogP contribution in [-0.4, -0.2) is 10.5 Å². The van der Waals surface area contributed by atoms with Gasteiger partial charge in [-0.3, -0.25) is 14.2 Å². The molecule has 4 aromatic rings. The van der Waals surface area contributed by atoms with Crippen LogP contribution < -0.4 is 10.2 Å². The summed E-state index contributed by atoms with van der Waals surface area (Å²) in [6.07, 6.45) is 0. The molecule has 0 aliphatic carbocycles. The zero-order chi connectivity index (χ0) is 20.4. The highest BCUT2D eigenvalue weighted by Gasteiger charge is 2.18. The van der Waals surface area contributed by atoms with Crippen LogP contribution in [0.15, 0.2) is 71.5 Å². The van der Waals surface area contributed by atoms with Gasteiger partial charge in [-0.2, -0.15) is 0 Å². The Morgan fingerprint density at radius 3 is 2.45 bits per heavy atom. The number of hydrogen-bond donors (Lipinski definition) is 1. The topological polar surface area (TPSA) is 51.1 Å². The van der Waals surface area contributed by atoms with Crippen molar-refractivity contribution >= 4 is 28.0 Å². The van der Waals surface area contributed by atoms with Crippen molar-refractivity contribution in [1.29, 1.82) is 0 Å². The quantitative estimate of drug-likeness (QED) is 0.528. The second kappa shape index (κ2) is 8.05. The maximum absolute atomic E-state index is 12.8. The molecule has 0 radical (unpaired) electrons. The number of carbonyl (C=O) groups excluding carboxylic acids is 1. The summed E-state index contributed by atoms with van der Waals surface area (Å²) in [5.74, 6) is -0.207. The first-order chi connectivity index (χ1) is 14.0. The van der Waals surface area contributed by atoms with E-state index in [-0.39, 0.29) is 10.8 Å². The van der Waals surface area contributed by atoms with Crippen molar-refractivity contribution in [3.8, 4) is 0 Å². The molecule has 4 rings (SSSR count). The lowest BCUT2D eigenvalue weighted by molar-refractivity contribution is 0.0954. The lowest BCUT2D eigenvalue weighted by Crippen LogP contribution is -2.23. The molecule has 0 atom stereocenters. The number of rotatable bonds is 5. The summed E-state index contributed by atoms with van der Waals surface area (Å²) in [7, 11) is 0. The van der Waals surface area contributed by atoms with Gasteiger partial charge >= 0.3 is 4.87 Å². The fraction of sp³-hybridized carbons (Fsp3) is 0.167. The van der Waals surface area contributed by atoms with Crippen molar-refractivity contribution in [2.75, 3.05) is 0 Å². The molecule has 1 aromatic heterocycles. The first-order valence-electron chi connectivity index (χ1n) is 9.54. The van der Waals surface area contributed by atoms with Crippen molar-refractivity contribution in [3.63, 3.8) is 0 Å². The Labute approximate surface area is 173 Å². The summed E-state index contributed by atoms with van der Waals surface area (Å²) in [6, 6.07) is 22.2. The second-order valence-electron chi connectivity index (χ2n) is 7.12. The van der Waals surface area contributed by atoms with Crippen LogP contribution in [0.3, 0.4) is 0 Å². The number of nitrogens with one attached hydrogen (secondary N) is 1. The number of benzene rings is 3. The Balaban J connectivity index is 1.55. The minimum atomic E-state index is -0.207. The van der Waals surface area contributed by atoms with E-state index >= 15 is 0 Å². The molecule has 0 aliphatic rings. The summed E-state index contributed by atoms with van der Waals surface area (Å²) < 4.78 is 1.68. The van der Waals surface area contributed by atoms with Crippen LogP contribution in [0, 0.1) is 13.8 Å². The summed E-state index contributed by atoms with van der Waals surface area (Å²) in [5, 5.41) is 5.25. The molecule has 1 N–H and O–H groups in total. The van der Waals surface area contributed by atoms with Gasteiger partial charge in [0, 0.05) is 12.2 Å². The van der Waals surface area contributed by atoms with Gasteiger partial charge in [0.1, 0.15) is 4.88 Å². The molecule has 0 fully saturated rings. The number of thiazole rings is 1. The molecular weight excluding hydrogens is 380 g/mol. The van der Waals surface area contributed by atoms with Crippen LogP contribution >= 0.6 is 11.3 Å². The second-order valence-corrected chi connectivity index (χ2v) is 8.08. The van der Waals surface area contributed by atoms with E-state index < -0.39 is 0 Å². The Bertz CT molecular complexity index is 1250. The maximum atomic E-state index is 12.8. The highest BCUT2D eigenvalue weighted by molar-refractivity contribution is 7.11. The van der Waals surface area contributed by atoms with Crippen LogP contribution in [0.1, 0.15) is 32.1 Å². The number of nitrogens with zero attached hydrogens (tertiary/aromatic N) is 1. The number of hydrogen-bond acceptors (Lipinski definition) is 3. The Hall–Kier alpha value is -3.18. The monoisotopic (exact) mass is 402 g/mol. The van der Waals surface area contributed by atoms with Crippen molar-refractivity contribution in [2.45, 2.75) is 26.9 Å². The van der Waals surface area contributed by atoms with E-state index in [2.05, 4.69) is 23.5 Å². The minimum Gasteiger partial charge on any atom is -0.347 e. The molecule has 3 aromatic carbocycles. The zero-order valence-corrected chi connectivity index (χ0v) is 17.3. The van der Waals surface area contributed by atoms with E-state index in [0.717, 1.165) is 38.8 Å². The van der Waals surface area contributed by atoms with Gasteiger partial charge in [-0.15, -0.1) is 0 Å². The fourth-order valence-electron chi connectivity index (χ4n) is 3.53. The summed E-state index contributed by atoms with van der Waals surface area (Å²) in [6.45, 7) is 4.76. The molecule has 0 saturated carbocycles. The number of fused-ring (bicyclic) bond motifs is 1. The highest BCUT2D eigenvalue weighted by atomic mass is 32.1. The van der Waals surface area contributed by atoms with Crippen LogP contribution in [-0.2, 0) is 13.1 Å². The van der Waals surface area contributed by atoms with Crippen LogP contribution in [0.5, 0.6) is 0 Å². The average molecular weight is 403 g/mol. The van der Waals surface area contributed by atoms with Gasteiger partial charge in [-0.1, -0.05) is 78.1 Å². The number of aryl methyl sites for hydroxylation is 1. The Morgan fingerprint density at radius 2 is 1.62 bits per heavy atom. The van der Waals surface area contributed by atoms with E-state index in [0.29, 0.717) is 23.7 Å². The highest BCUT2D eigenvalue weighted by Crippen LogP contribution is 2.19. The van der Waals surface area contributed by atoms with E-state index in [1.807, 2.05) is 62.4 Å². The molecule has 1 amide bonds. The molecule has 1 heterocycles. The van der Waals surface area contributed by atoms with Gasteiger partial charge in [-0.25, -0.2) is 0 Å². The molecule has 0 spiro atoms. The standard InChI is InChI=1S/C24H22N2O2S/c1-16-8-3-4-10-20(16)15-26-17(2)22(29-24(26)28)23(27)25-14-19-12-7-11-18-9-5-6-13-21(18)19/h3-13H,14-15H2,1-2H3,(H,25,27). The van der Waals surface area contributed by atoms with E-state index in [9.17, 15) is 9.59 Å². The molecule has 4 nitrogen and oxygen atoms in total. The van der Waals surface area contributed by atoms with Gasteiger partial charge in [0.05, 0.1) is 6.54 Å². The molecular formula is C24H22N2O2S. The summed E-state index contributed by atoms with van der Waals surface area (Å²) in [5.41, 5.74) is 3.98. The molecule has 0 unspecified atom stereocenters. The number of aromatic nitrogens is 1. The fourth-order valence-corrected chi connectivity index (χ4v) is 4.44. The predicted molar refractivity (Wildman–Crippen MR) is 119 cm³/mol. The Kier molecular flexibility index (Phi) is 5.32. The van der Waals surface area contributed by atoms with Crippen LogP contribution in [0.2, 0.25) is 0 Å². The molecule has 0 bridgehead atoms. The SMILES string of the molecule is Cc1ccccc1Cn1c(C)c(C(=O)NCc2cccc3ccccc23)sc1=O. The van der Waals surface area contributed by atoms with Crippen molar-refractivity contribution < 1.29 is 4.79 Å². The van der Waals surface area contributed by atoms with Crippen molar-refractivity contribution in [1.82, 2.24) is 9.88 Å². The molecule has 146 valence electrons. The van der Waals surface area contributed by atoms with Crippen molar-refractivity contribution in [2.24, 2.45) is 0 Å². The zero-order valence-electron chi connectivity index (χ0n) is 16.4. The minimum absolute atomic E-state index is 0.110. The maximum Gasteiger partial charge on any atom is 0.308 e. The third-order valence-corrected chi connectivity index (χ3v) is 6.34. The Morgan fingerprint density at radius 1 is 0.931 bits per heavy atom. The third-order valence-electron chi connectivity index (χ3n) is 5.26. The smallest absolute Gasteiger partial charge is 0.308 e. The lowest BCUT2D eigenvalue weighted by atomic mass is 10.0. The third kappa shape index (κ3) is 3.87. The van der Waals surface area contributed by atoms with E-state index in [1.165, 1.54) is 0 Å². The van der Waals surface area contributed by atoms with Gasteiger partial charge in [0.15, 0.2) is 0 Å². The molecule has 29 heavy (non-hydrogen) atoms. The predicted octanol–water partition coefficient (Wildman–Crippen LogP) is 4.66. The van der Waals surface area contributed by atoms with E-state index in [4.69, 9.17) is 0 Å². The van der Waals surface area contributed by atoms with Crippen LogP contribution in [0.4, 0.5) is 0 Å². The van der Waals surface area contributed by atoms with Gasteiger partial charge < -0.3 is 5.32 Å². The van der Waals surface area contributed by atoms with E-state index in [1.54, 1.807) is 4.57 Å². The molecule has 0 aliphatic heterocycles. The molecule has 5 heteroatoms. The first kappa shape index (κ1) is 19.2. The summed E-state index contributed by atoms with van der Waals surface area (Å²) >= 11 is 1.01. The van der Waals surface area contributed by atoms with Gasteiger partial charge in [-0.05, 0) is 41.3 Å². The largest absolute Gasteiger partial charge is 0.347 e. The normalized spacial score (nSPS) is 11.0. The number of carbonyl (C=O) groups is 1.